The summed E-state index contributed by atoms with van der Waals surface area (Å²) in [5.74, 6) is -1.11. The van der Waals surface area contributed by atoms with Gasteiger partial charge in [-0.3, -0.25) is 4.79 Å². The van der Waals surface area contributed by atoms with Gasteiger partial charge >= 0.3 is 20.6 Å². The van der Waals surface area contributed by atoms with Crippen molar-refractivity contribution in [2.45, 2.75) is 0 Å². The number of fused-ring (bicyclic) bond motifs is 1. The molecule has 1 aromatic heterocycles. The average Bonchev–Trinajstić information content (AvgIpc) is 2.53. The third kappa shape index (κ3) is 4.40. The molecule has 3 aromatic rings. The molecule has 0 spiro atoms. The fourth-order valence-corrected chi connectivity index (χ4v) is 3.15. The first-order chi connectivity index (χ1) is 12.9. The van der Waals surface area contributed by atoms with Crippen molar-refractivity contribution >= 4 is 31.6 Å². The average molecular weight is 428 g/mol. The van der Waals surface area contributed by atoms with Crippen molar-refractivity contribution in [2.24, 2.45) is 10.3 Å². The van der Waals surface area contributed by atoms with Crippen LogP contribution in [-0.4, -0.2) is 21.9 Å². The summed E-state index contributed by atoms with van der Waals surface area (Å²) in [5, 5.41) is 18.7. The smallest absolute Gasteiger partial charge is 0.380 e. The summed E-state index contributed by atoms with van der Waals surface area (Å²) < 4.78 is 59.4. The fourth-order valence-electron chi connectivity index (χ4n) is 2.41. The van der Waals surface area contributed by atoms with Crippen molar-refractivity contribution in [3.8, 4) is 28.4 Å². The Morgan fingerprint density at radius 1 is 0.929 bits per heavy atom. The van der Waals surface area contributed by atoms with Gasteiger partial charge < -0.3 is 17.9 Å². The monoisotopic (exact) mass is 428 g/mol. The lowest BCUT2D eigenvalue weighted by molar-refractivity contribution is 0.474. The van der Waals surface area contributed by atoms with Gasteiger partial charge in [-0.1, -0.05) is 12.1 Å². The van der Waals surface area contributed by atoms with Gasteiger partial charge in [0.2, 0.25) is 5.43 Å². The molecule has 13 heteroatoms. The first-order valence-electron chi connectivity index (χ1n) is 7.26. The Hall–Kier alpha value is -3.13. The largest absolute Gasteiger partial charge is 0.508 e. The predicted molar refractivity (Wildman–Crippen MR) is 97.1 cm³/mol. The van der Waals surface area contributed by atoms with Gasteiger partial charge in [0.1, 0.15) is 23.0 Å². The number of hydrogen-bond donors (Lipinski definition) is 3. The van der Waals surface area contributed by atoms with E-state index in [0.29, 0.717) is 5.56 Å². The Bertz CT molecular complexity index is 1330. The number of hydrogen-bond acceptors (Lipinski definition) is 9. The maximum Gasteiger partial charge on any atom is 0.380 e. The van der Waals surface area contributed by atoms with Crippen LogP contribution in [0.3, 0.4) is 0 Å². The van der Waals surface area contributed by atoms with Crippen LogP contribution < -0.4 is 24.1 Å². The Kier molecular flexibility index (Phi) is 4.76. The van der Waals surface area contributed by atoms with Gasteiger partial charge in [-0.15, -0.1) is 0 Å². The van der Waals surface area contributed by atoms with E-state index >= 15 is 0 Å². The molecule has 148 valence electrons. The van der Waals surface area contributed by atoms with Crippen molar-refractivity contribution in [1.82, 2.24) is 0 Å². The van der Waals surface area contributed by atoms with Gasteiger partial charge in [0, 0.05) is 12.1 Å². The van der Waals surface area contributed by atoms with Crippen LogP contribution in [0.15, 0.2) is 51.9 Å². The van der Waals surface area contributed by atoms with Crippen molar-refractivity contribution < 1.29 is 34.7 Å². The number of aromatic hydroxyl groups is 1. The van der Waals surface area contributed by atoms with Crippen molar-refractivity contribution in [3.05, 3.63) is 52.9 Å². The van der Waals surface area contributed by atoms with Crippen LogP contribution in [-0.2, 0) is 20.6 Å². The number of rotatable bonds is 5. The highest BCUT2D eigenvalue weighted by Gasteiger charge is 2.20. The second kappa shape index (κ2) is 6.79. The summed E-state index contributed by atoms with van der Waals surface area (Å²) in [5.41, 5.74) is -0.563. The van der Waals surface area contributed by atoms with Gasteiger partial charge in [0.05, 0.1) is 5.56 Å². The molecule has 5 N–H and O–H groups in total. The lowest BCUT2D eigenvalue weighted by Crippen LogP contribution is -2.21. The summed E-state index contributed by atoms with van der Waals surface area (Å²) in [6, 6.07) is 7.37. The molecule has 0 saturated carbocycles. The first kappa shape index (κ1) is 19.6. The van der Waals surface area contributed by atoms with E-state index in [4.69, 9.17) is 14.7 Å². The lowest BCUT2D eigenvalue weighted by atomic mass is 10.0. The molecule has 0 unspecified atom stereocenters. The molecule has 0 saturated heterocycles. The molecule has 0 aliphatic carbocycles. The molecule has 0 aliphatic rings. The molecule has 28 heavy (non-hydrogen) atoms. The second-order valence-corrected chi connectivity index (χ2v) is 7.78. The minimum absolute atomic E-state index is 0.0203. The number of nitrogens with two attached hydrogens (primary N) is 2. The summed E-state index contributed by atoms with van der Waals surface area (Å²) in [7, 11) is -9.03. The third-order valence-corrected chi connectivity index (χ3v) is 4.25. The van der Waals surface area contributed by atoms with E-state index in [0.717, 1.165) is 18.4 Å². The standard InChI is InChI=1S/C15H12N2O9S2/c16-27(20,21)25-10-5-12-14(13(6-10)26-28(17,22)23)15(19)11(7-24-12)8-1-3-9(18)4-2-8/h1-7,18H,(H2,16,20,21)(H2,17,22,23). The number of phenolic OH excluding ortho intramolecular Hbond substituents is 1. The van der Waals surface area contributed by atoms with Gasteiger partial charge in [-0.2, -0.15) is 27.1 Å². The van der Waals surface area contributed by atoms with Crippen LogP contribution in [0.1, 0.15) is 0 Å². The fraction of sp³-hybridized carbons (Fsp3) is 0. The maximum atomic E-state index is 12.9. The molecule has 0 fully saturated rings. The van der Waals surface area contributed by atoms with Crippen molar-refractivity contribution in [1.29, 1.82) is 0 Å². The van der Waals surface area contributed by atoms with Gasteiger partial charge in [0.15, 0.2) is 11.5 Å². The summed E-state index contributed by atoms with van der Waals surface area (Å²) >= 11 is 0. The number of benzene rings is 2. The number of phenols is 1. The SMILES string of the molecule is NS(=O)(=O)Oc1cc(OS(N)(=O)=O)c2c(=O)c(-c3ccc(O)cc3)coc2c1. The molecule has 2 aromatic carbocycles. The summed E-state index contributed by atoms with van der Waals surface area (Å²) in [4.78, 5) is 12.9. The molecule has 0 aliphatic heterocycles. The molecule has 11 nitrogen and oxygen atoms in total. The van der Waals surface area contributed by atoms with E-state index in [-0.39, 0.29) is 22.3 Å². The van der Waals surface area contributed by atoms with E-state index in [1.807, 2.05) is 0 Å². The van der Waals surface area contributed by atoms with E-state index in [1.54, 1.807) is 0 Å². The van der Waals surface area contributed by atoms with Crippen LogP contribution in [0.5, 0.6) is 17.2 Å². The zero-order valence-corrected chi connectivity index (χ0v) is 15.4. The van der Waals surface area contributed by atoms with Crippen LogP contribution in [0, 0.1) is 0 Å². The van der Waals surface area contributed by atoms with E-state index < -0.39 is 37.5 Å². The normalized spacial score (nSPS) is 12.1. The zero-order valence-electron chi connectivity index (χ0n) is 13.7. The van der Waals surface area contributed by atoms with E-state index in [9.17, 15) is 26.7 Å². The minimum Gasteiger partial charge on any atom is -0.508 e. The molecule has 0 amide bonds. The highest BCUT2D eigenvalue weighted by Crippen LogP contribution is 2.32. The molecular formula is C15H12N2O9S2. The Balaban J connectivity index is 2.30. The molecular weight excluding hydrogens is 416 g/mol. The molecule has 0 radical (unpaired) electrons. The van der Waals surface area contributed by atoms with Crippen LogP contribution in [0.25, 0.3) is 22.1 Å². The van der Waals surface area contributed by atoms with Gasteiger partial charge in [0.25, 0.3) is 0 Å². The second-order valence-electron chi connectivity index (χ2n) is 5.47. The van der Waals surface area contributed by atoms with Gasteiger partial charge in [-0.25, -0.2) is 0 Å². The molecule has 1 heterocycles. The van der Waals surface area contributed by atoms with E-state index in [1.165, 1.54) is 24.3 Å². The highest BCUT2D eigenvalue weighted by atomic mass is 32.2. The molecule has 3 rings (SSSR count). The Morgan fingerprint density at radius 2 is 1.54 bits per heavy atom. The van der Waals surface area contributed by atoms with Gasteiger partial charge in [-0.05, 0) is 17.7 Å². The minimum atomic E-state index is -4.58. The zero-order chi connectivity index (χ0) is 20.7. The summed E-state index contributed by atoms with van der Waals surface area (Å²) in [6.45, 7) is 0. The van der Waals surface area contributed by atoms with Crippen molar-refractivity contribution in [2.75, 3.05) is 0 Å². The van der Waals surface area contributed by atoms with Crippen LogP contribution >= 0.6 is 0 Å². The Morgan fingerprint density at radius 3 is 2.11 bits per heavy atom. The summed E-state index contributed by atoms with van der Waals surface area (Å²) in [6.07, 6.45) is 1.07. The van der Waals surface area contributed by atoms with Crippen molar-refractivity contribution in [3.63, 3.8) is 0 Å². The first-order valence-corrected chi connectivity index (χ1v) is 10.2. The van der Waals surface area contributed by atoms with E-state index in [2.05, 4.69) is 8.37 Å². The van der Waals surface area contributed by atoms with Crippen LogP contribution in [0.4, 0.5) is 0 Å². The highest BCUT2D eigenvalue weighted by molar-refractivity contribution is 7.85. The Labute approximate surface area is 158 Å². The molecule has 0 atom stereocenters. The lowest BCUT2D eigenvalue weighted by Gasteiger charge is -2.10. The third-order valence-electron chi connectivity index (χ3n) is 3.41. The molecule has 0 bridgehead atoms. The quantitative estimate of drug-likeness (QED) is 0.514. The topological polar surface area (TPSA) is 189 Å². The maximum absolute atomic E-state index is 12.9. The predicted octanol–water partition coefficient (Wildman–Crippen LogP) is 0.330. The van der Waals surface area contributed by atoms with Crippen LogP contribution in [0.2, 0.25) is 0 Å².